The number of nitrogens with zero attached hydrogens (tertiary/aromatic N) is 1. The lowest BCUT2D eigenvalue weighted by atomic mass is 10.0. The molecule has 0 saturated carbocycles. The van der Waals surface area contributed by atoms with Crippen LogP contribution < -0.4 is 10.1 Å². The second-order valence-electron chi connectivity index (χ2n) is 7.97. The van der Waals surface area contributed by atoms with Crippen molar-refractivity contribution in [2.75, 3.05) is 19.7 Å². The van der Waals surface area contributed by atoms with Gasteiger partial charge in [-0.25, -0.2) is 0 Å². The summed E-state index contributed by atoms with van der Waals surface area (Å²) in [4.78, 5) is 14.7. The standard InChI is InChI=1S/C24H31ClN2O2/c1-18-5-6-19(2)23(16-18)29-15-3-4-24(28)26-22-11-13-27(14-12-22)17-20-7-9-21(25)10-8-20/h5-10,16,22H,3-4,11-15,17H2,1-2H3,(H,26,28). The number of halogens is 1. The predicted octanol–water partition coefficient (Wildman–Crippen LogP) is 4.90. The largest absolute Gasteiger partial charge is 0.493 e. The summed E-state index contributed by atoms with van der Waals surface area (Å²) in [6, 6.07) is 14.5. The monoisotopic (exact) mass is 414 g/mol. The van der Waals surface area contributed by atoms with Crippen molar-refractivity contribution >= 4 is 17.5 Å². The van der Waals surface area contributed by atoms with Crippen LogP contribution >= 0.6 is 11.6 Å². The fourth-order valence-electron chi connectivity index (χ4n) is 3.66. The van der Waals surface area contributed by atoms with Crippen molar-refractivity contribution in [3.05, 3.63) is 64.2 Å². The number of ether oxygens (including phenoxy) is 1. The summed E-state index contributed by atoms with van der Waals surface area (Å²) < 4.78 is 5.84. The maximum atomic E-state index is 12.3. The molecule has 1 aliphatic heterocycles. The summed E-state index contributed by atoms with van der Waals surface area (Å²) in [5, 5.41) is 3.96. The average Bonchev–Trinajstić information content (AvgIpc) is 2.71. The zero-order valence-electron chi connectivity index (χ0n) is 17.4. The van der Waals surface area contributed by atoms with E-state index >= 15 is 0 Å². The van der Waals surface area contributed by atoms with Crippen LogP contribution in [-0.2, 0) is 11.3 Å². The Hall–Kier alpha value is -2.04. The van der Waals surface area contributed by atoms with Gasteiger partial charge in [-0.2, -0.15) is 0 Å². The van der Waals surface area contributed by atoms with Gasteiger partial charge < -0.3 is 10.1 Å². The van der Waals surface area contributed by atoms with E-state index in [0.29, 0.717) is 13.0 Å². The minimum Gasteiger partial charge on any atom is -0.493 e. The average molecular weight is 415 g/mol. The van der Waals surface area contributed by atoms with Crippen LogP contribution in [0.2, 0.25) is 5.02 Å². The molecule has 0 unspecified atom stereocenters. The topological polar surface area (TPSA) is 41.6 Å². The number of carbonyl (C=O) groups is 1. The lowest BCUT2D eigenvalue weighted by Gasteiger charge is -2.32. The molecule has 1 saturated heterocycles. The zero-order valence-corrected chi connectivity index (χ0v) is 18.2. The third-order valence-corrected chi connectivity index (χ3v) is 5.67. The highest BCUT2D eigenvalue weighted by atomic mass is 35.5. The van der Waals surface area contributed by atoms with Crippen molar-refractivity contribution in [2.45, 2.75) is 52.1 Å². The Bertz CT molecular complexity index is 799. The van der Waals surface area contributed by atoms with Crippen molar-refractivity contribution < 1.29 is 9.53 Å². The Balaban J connectivity index is 1.31. The predicted molar refractivity (Wildman–Crippen MR) is 119 cm³/mol. The number of hydrogen-bond donors (Lipinski definition) is 1. The third-order valence-electron chi connectivity index (χ3n) is 5.42. The van der Waals surface area contributed by atoms with Crippen LogP contribution in [0.5, 0.6) is 5.75 Å². The van der Waals surface area contributed by atoms with Crippen LogP contribution in [-0.4, -0.2) is 36.5 Å². The van der Waals surface area contributed by atoms with Gasteiger partial charge in [-0.3, -0.25) is 9.69 Å². The molecule has 0 aliphatic carbocycles. The first-order chi connectivity index (χ1) is 14.0. The van der Waals surface area contributed by atoms with Crippen LogP contribution in [0.4, 0.5) is 0 Å². The fourth-order valence-corrected chi connectivity index (χ4v) is 3.79. The van der Waals surface area contributed by atoms with Gasteiger partial charge in [0, 0.05) is 37.1 Å². The Labute approximate surface area is 179 Å². The van der Waals surface area contributed by atoms with Crippen molar-refractivity contribution in [1.82, 2.24) is 10.2 Å². The first-order valence-electron chi connectivity index (χ1n) is 10.5. The molecule has 1 heterocycles. The molecule has 0 radical (unpaired) electrons. The summed E-state index contributed by atoms with van der Waals surface area (Å²) in [5.74, 6) is 1.05. The molecule has 0 aromatic heterocycles. The van der Waals surface area contributed by atoms with Gasteiger partial charge in [0.25, 0.3) is 0 Å². The van der Waals surface area contributed by atoms with Crippen LogP contribution in [0.25, 0.3) is 0 Å². The van der Waals surface area contributed by atoms with Gasteiger partial charge in [0.15, 0.2) is 0 Å². The number of nitrogens with one attached hydrogen (secondary N) is 1. The van der Waals surface area contributed by atoms with Gasteiger partial charge in [0.2, 0.25) is 5.91 Å². The number of carbonyl (C=O) groups excluding carboxylic acids is 1. The van der Waals surface area contributed by atoms with Gasteiger partial charge in [0.05, 0.1) is 6.61 Å². The number of likely N-dealkylation sites (tertiary alicyclic amines) is 1. The molecular formula is C24H31ClN2O2. The molecule has 1 fully saturated rings. The van der Waals surface area contributed by atoms with E-state index in [1.165, 1.54) is 11.1 Å². The minimum atomic E-state index is 0.130. The van der Waals surface area contributed by atoms with Crippen LogP contribution in [0.1, 0.15) is 42.4 Å². The second-order valence-corrected chi connectivity index (χ2v) is 8.40. The number of benzene rings is 2. The Kier molecular flexibility index (Phi) is 7.96. The normalized spacial score (nSPS) is 15.3. The quantitative estimate of drug-likeness (QED) is 0.625. The molecule has 1 N–H and O–H groups in total. The Morgan fingerprint density at radius 1 is 1.14 bits per heavy atom. The van der Waals surface area contributed by atoms with Gasteiger partial charge in [-0.05, 0) is 68.0 Å². The lowest BCUT2D eigenvalue weighted by Crippen LogP contribution is -2.44. The summed E-state index contributed by atoms with van der Waals surface area (Å²) in [5.41, 5.74) is 3.59. The first kappa shape index (κ1) is 21.7. The Morgan fingerprint density at radius 3 is 2.59 bits per heavy atom. The summed E-state index contributed by atoms with van der Waals surface area (Å²) in [6.07, 6.45) is 3.24. The molecule has 5 heteroatoms. The summed E-state index contributed by atoms with van der Waals surface area (Å²) >= 11 is 5.95. The second kappa shape index (κ2) is 10.7. The van der Waals surface area contributed by atoms with Crippen LogP contribution in [0.3, 0.4) is 0 Å². The van der Waals surface area contributed by atoms with Crippen molar-refractivity contribution in [1.29, 1.82) is 0 Å². The fraction of sp³-hybridized carbons (Fsp3) is 0.458. The van der Waals surface area contributed by atoms with Crippen molar-refractivity contribution in [3.8, 4) is 5.75 Å². The van der Waals surface area contributed by atoms with E-state index in [9.17, 15) is 4.79 Å². The molecule has 2 aromatic rings. The van der Waals surface area contributed by atoms with E-state index in [1.807, 2.05) is 25.1 Å². The number of amides is 1. The SMILES string of the molecule is Cc1ccc(C)c(OCCCC(=O)NC2CCN(Cc3ccc(Cl)cc3)CC2)c1. The van der Waals surface area contributed by atoms with Crippen LogP contribution in [0, 0.1) is 13.8 Å². The van der Waals surface area contributed by atoms with E-state index in [-0.39, 0.29) is 11.9 Å². The van der Waals surface area contributed by atoms with E-state index < -0.39 is 0 Å². The molecule has 2 aromatic carbocycles. The number of aryl methyl sites for hydroxylation is 2. The minimum absolute atomic E-state index is 0.130. The van der Waals surface area contributed by atoms with E-state index in [0.717, 1.165) is 55.2 Å². The van der Waals surface area contributed by atoms with Gasteiger partial charge in [0.1, 0.15) is 5.75 Å². The molecule has 156 valence electrons. The third kappa shape index (κ3) is 7.06. The summed E-state index contributed by atoms with van der Waals surface area (Å²) in [6.45, 7) is 7.61. The molecule has 3 rings (SSSR count). The molecule has 1 aliphatic rings. The van der Waals surface area contributed by atoms with E-state index in [4.69, 9.17) is 16.3 Å². The number of piperidine rings is 1. The Morgan fingerprint density at radius 2 is 1.86 bits per heavy atom. The van der Waals surface area contributed by atoms with E-state index in [2.05, 4.69) is 41.4 Å². The smallest absolute Gasteiger partial charge is 0.220 e. The molecule has 0 atom stereocenters. The molecule has 0 spiro atoms. The lowest BCUT2D eigenvalue weighted by molar-refractivity contribution is -0.122. The van der Waals surface area contributed by atoms with Crippen LogP contribution in [0.15, 0.2) is 42.5 Å². The number of rotatable bonds is 8. The maximum Gasteiger partial charge on any atom is 0.220 e. The van der Waals surface area contributed by atoms with Gasteiger partial charge >= 0.3 is 0 Å². The zero-order chi connectivity index (χ0) is 20.6. The van der Waals surface area contributed by atoms with Crippen molar-refractivity contribution in [3.63, 3.8) is 0 Å². The first-order valence-corrected chi connectivity index (χ1v) is 10.8. The van der Waals surface area contributed by atoms with Crippen molar-refractivity contribution in [2.24, 2.45) is 0 Å². The molecule has 1 amide bonds. The van der Waals surface area contributed by atoms with Gasteiger partial charge in [-0.1, -0.05) is 35.9 Å². The number of hydrogen-bond acceptors (Lipinski definition) is 3. The molecule has 29 heavy (non-hydrogen) atoms. The highest BCUT2D eigenvalue weighted by Gasteiger charge is 2.20. The maximum absolute atomic E-state index is 12.3. The highest BCUT2D eigenvalue weighted by Crippen LogP contribution is 2.19. The van der Waals surface area contributed by atoms with Gasteiger partial charge in [-0.15, -0.1) is 0 Å². The molecular weight excluding hydrogens is 384 g/mol. The summed E-state index contributed by atoms with van der Waals surface area (Å²) in [7, 11) is 0. The molecule has 0 bridgehead atoms. The molecule has 4 nitrogen and oxygen atoms in total. The van der Waals surface area contributed by atoms with E-state index in [1.54, 1.807) is 0 Å². The highest BCUT2D eigenvalue weighted by molar-refractivity contribution is 6.30.